The van der Waals surface area contributed by atoms with Gasteiger partial charge < -0.3 is 9.47 Å². The zero-order valence-corrected chi connectivity index (χ0v) is 13.9. The Kier molecular flexibility index (Phi) is 5.47. The second kappa shape index (κ2) is 7.95. The quantitative estimate of drug-likeness (QED) is 0.814. The summed E-state index contributed by atoms with van der Waals surface area (Å²) >= 11 is 0. The summed E-state index contributed by atoms with van der Waals surface area (Å²) in [6, 6.07) is 9.38. The van der Waals surface area contributed by atoms with E-state index < -0.39 is 0 Å². The molecule has 1 aromatic heterocycles. The Balaban J connectivity index is 1.49. The van der Waals surface area contributed by atoms with Crippen molar-refractivity contribution in [1.82, 2.24) is 14.7 Å². The number of hydrogen-bond donors (Lipinski definition) is 0. The fraction of sp³-hybridized carbons (Fsp3) is 0.444. The van der Waals surface area contributed by atoms with Crippen molar-refractivity contribution in [3.05, 3.63) is 47.8 Å². The third-order valence-corrected chi connectivity index (χ3v) is 4.14. The highest BCUT2D eigenvalue weighted by Gasteiger charge is 2.22. The number of nitrogens with zero attached hydrogens (tertiary/aromatic N) is 4. The van der Waals surface area contributed by atoms with E-state index in [2.05, 4.69) is 29.2 Å². The molecule has 1 aromatic carbocycles. The molecule has 3 rings (SSSR count). The summed E-state index contributed by atoms with van der Waals surface area (Å²) in [7, 11) is 0. The Labute approximate surface area is 142 Å². The van der Waals surface area contributed by atoms with E-state index in [9.17, 15) is 0 Å². The van der Waals surface area contributed by atoms with Gasteiger partial charge in [-0.25, -0.2) is 0 Å². The minimum atomic E-state index is 0.0703. The van der Waals surface area contributed by atoms with Crippen LogP contribution in [0.4, 0.5) is 0 Å². The van der Waals surface area contributed by atoms with E-state index in [1.165, 1.54) is 0 Å². The molecular formula is C18H22N4O2. The Bertz CT molecular complexity index is 707. The van der Waals surface area contributed by atoms with E-state index in [0.717, 1.165) is 37.5 Å². The van der Waals surface area contributed by atoms with Gasteiger partial charge in [-0.05, 0) is 25.1 Å². The molecule has 0 aliphatic carbocycles. The summed E-state index contributed by atoms with van der Waals surface area (Å²) in [5.41, 5.74) is 1.75. The van der Waals surface area contributed by atoms with E-state index in [0.29, 0.717) is 18.8 Å². The molecule has 126 valence electrons. The number of aromatic nitrogens is 2. The Morgan fingerprint density at radius 2 is 2.38 bits per heavy atom. The molecule has 1 atom stereocenters. The number of morpholine rings is 1. The molecule has 0 N–H and O–H groups in total. The molecular weight excluding hydrogens is 304 g/mol. The molecule has 0 unspecified atom stereocenters. The summed E-state index contributed by atoms with van der Waals surface area (Å²) in [4.78, 5) is 2.34. The van der Waals surface area contributed by atoms with Crippen LogP contribution in [0, 0.1) is 11.3 Å². The summed E-state index contributed by atoms with van der Waals surface area (Å²) in [6.07, 6.45) is 4.01. The summed E-state index contributed by atoms with van der Waals surface area (Å²) in [5, 5.41) is 13.2. The highest BCUT2D eigenvalue weighted by Crippen LogP contribution is 2.21. The van der Waals surface area contributed by atoms with Gasteiger partial charge in [-0.3, -0.25) is 9.58 Å². The second-order valence-corrected chi connectivity index (χ2v) is 5.78. The largest absolute Gasteiger partial charge is 0.492 e. The Morgan fingerprint density at radius 1 is 1.46 bits per heavy atom. The highest BCUT2D eigenvalue weighted by atomic mass is 16.5. The molecule has 0 saturated carbocycles. The van der Waals surface area contributed by atoms with Crippen LogP contribution in [0.5, 0.6) is 5.75 Å². The van der Waals surface area contributed by atoms with Gasteiger partial charge >= 0.3 is 0 Å². The van der Waals surface area contributed by atoms with Gasteiger partial charge in [0.25, 0.3) is 0 Å². The zero-order valence-electron chi connectivity index (χ0n) is 13.9. The van der Waals surface area contributed by atoms with Gasteiger partial charge in [0.1, 0.15) is 12.4 Å². The predicted octanol–water partition coefficient (Wildman–Crippen LogP) is 2.23. The normalized spacial score (nSPS) is 18.2. The van der Waals surface area contributed by atoms with Crippen molar-refractivity contribution >= 4 is 0 Å². The lowest BCUT2D eigenvalue weighted by Gasteiger charge is -2.32. The SMILES string of the molecule is CCn1cc([C@H]2CN(CCOc3cccc(C#N)c3)CCO2)cn1. The van der Waals surface area contributed by atoms with Crippen LogP contribution in [0.15, 0.2) is 36.7 Å². The smallest absolute Gasteiger partial charge is 0.120 e. The zero-order chi connectivity index (χ0) is 16.8. The third kappa shape index (κ3) is 4.13. The first kappa shape index (κ1) is 16.5. The molecule has 6 nitrogen and oxygen atoms in total. The molecule has 1 aliphatic heterocycles. The maximum Gasteiger partial charge on any atom is 0.120 e. The van der Waals surface area contributed by atoms with E-state index in [1.54, 1.807) is 12.1 Å². The van der Waals surface area contributed by atoms with Gasteiger partial charge in [0.2, 0.25) is 0 Å². The van der Waals surface area contributed by atoms with E-state index in [-0.39, 0.29) is 6.10 Å². The van der Waals surface area contributed by atoms with Gasteiger partial charge in [0, 0.05) is 37.9 Å². The minimum Gasteiger partial charge on any atom is -0.492 e. The standard InChI is InChI=1S/C18H22N4O2/c1-2-22-13-16(12-20-22)18-14-21(7-9-24-18)6-8-23-17-5-3-4-15(10-17)11-19/h3-5,10,12-13,18H,2,6-9,14H2,1H3/t18-/m1/s1. The van der Waals surface area contributed by atoms with Crippen LogP contribution in [-0.4, -0.2) is 47.5 Å². The van der Waals surface area contributed by atoms with Crippen LogP contribution >= 0.6 is 0 Å². The summed E-state index contributed by atoms with van der Waals surface area (Å²) in [5.74, 6) is 0.739. The van der Waals surface area contributed by atoms with Crippen molar-refractivity contribution in [3.63, 3.8) is 0 Å². The lowest BCUT2D eigenvalue weighted by Crippen LogP contribution is -2.40. The van der Waals surface area contributed by atoms with Crippen molar-refractivity contribution in [1.29, 1.82) is 5.26 Å². The Morgan fingerprint density at radius 3 is 3.17 bits per heavy atom. The molecule has 1 aliphatic rings. The molecule has 6 heteroatoms. The number of benzene rings is 1. The van der Waals surface area contributed by atoms with Crippen LogP contribution in [-0.2, 0) is 11.3 Å². The number of ether oxygens (including phenoxy) is 2. The molecule has 1 saturated heterocycles. The summed E-state index contributed by atoms with van der Waals surface area (Å²) in [6.45, 7) is 6.83. The van der Waals surface area contributed by atoms with Crippen molar-refractivity contribution in [3.8, 4) is 11.8 Å². The lowest BCUT2D eigenvalue weighted by atomic mass is 10.1. The van der Waals surface area contributed by atoms with Crippen LogP contribution in [0.2, 0.25) is 0 Å². The topological polar surface area (TPSA) is 63.3 Å². The third-order valence-electron chi connectivity index (χ3n) is 4.14. The van der Waals surface area contributed by atoms with Crippen molar-refractivity contribution in [2.45, 2.75) is 19.6 Å². The number of rotatable bonds is 6. The molecule has 0 bridgehead atoms. The average Bonchev–Trinajstić information content (AvgIpc) is 3.11. The number of hydrogen-bond acceptors (Lipinski definition) is 5. The maximum atomic E-state index is 8.91. The van der Waals surface area contributed by atoms with Crippen molar-refractivity contribution in [2.75, 3.05) is 32.8 Å². The van der Waals surface area contributed by atoms with Crippen LogP contribution in [0.3, 0.4) is 0 Å². The first-order valence-electron chi connectivity index (χ1n) is 8.27. The van der Waals surface area contributed by atoms with E-state index >= 15 is 0 Å². The van der Waals surface area contributed by atoms with Gasteiger partial charge in [-0.15, -0.1) is 0 Å². The average molecular weight is 326 g/mol. The van der Waals surface area contributed by atoms with Gasteiger partial charge in [-0.2, -0.15) is 10.4 Å². The minimum absolute atomic E-state index is 0.0703. The fourth-order valence-corrected chi connectivity index (χ4v) is 2.77. The predicted molar refractivity (Wildman–Crippen MR) is 89.7 cm³/mol. The van der Waals surface area contributed by atoms with E-state index in [4.69, 9.17) is 14.7 Å². The van der Waals surface area contributed by atoms with Crippen molar-refractivity contribution in [2.24, 2.45) is 0 Å². The number of aryl methyl sites for hydroxylation is 1. The fourth-order valence-electron chi connectivity index (χ4n) is 2.77. The molecule has 0 amide bonds. The van der Waals surface area contributed by atoms with Gasteiger partial charge in [0.15, 0.2) is 0 Å². The van der Waals surface area contributed by atoms with Gasteiger partial charge in [0.05, 0.1) is 30.5 Å². The van der Waals surface area contributed by atoms with Crippen LogP contribution in [0.25, 0.3) is 0 Å². The van der Waals surface area contributed by atoms with Crippen molar-refractivity contribution < 1.29 is 9.47 Å². The Hall–Kier alpha value is -2.36. The molecule has 0 spiro atoms. The number of nitriles is 1. The van der Waals surface area contributed by atoms with Crippen LogP contribution < -0.4 is 4.74 Å². The van der Waals surface area contributed by atoms with E-state index in [1.807, 2.05) is 23.0 Å². The first-order valence-corrected chi connectivity index (χ1v) is 8.27. The lowest BCUT2D eigenvalue weighted by molar-refractivity contribution is -0.0329. The maximum absolute atomic E-state index is 8.91. The molecule has 2 heterocycles. The molecule has 24 heavy (non-hydrogen) atoms. The first-order chi connectivity index (χ1) is 11.8. The molecule has 1 fully saturated rings. The highest BCUT2D eigenvalue weighted by molar-refractivity contribution is 5.36. The molecule has 0 radical (unpaired) electrons. The molecule has 2 aromatic rings. The monoisotopic (exact) mass is 326 g/mol. The van der Waals surface area contributed by atoms with Crippen LogP contribution in [0.1, 0.15) is 24.2 Å². The second-order valence-electron chi connectivity index (χ2n) is 5.78. The van der Waals surface area contributed by atoms with Gasteiger partial charge in [-0.1, -0.05) is 6.07 Å². The summed E-state index contributed by atoms with van der Waals surface area (Å²) < 4.78 is 13.6.